The summed E-state index contributed by atoms with van der Waals surface area (Å²) < 4.78 is 0. The normalized spacial score (nSPS) is 16.8. The Morgan fingerprint density at radius 3 is 2.65 bits per heavy atom. The molecule has 1 aromatic heterocycles. The molecule has 0 spiro atoms. The van der Waals surface area contributed by atoms with Gasteiger partial charge in [-0.25, -0.2) is 4.79 Å². The molecule has 0 bridgehead atoms. The van der Waals surface area contributed by atoms with Crippen molar-refractivity contribution in [3.8, 4) is 5.69 Å². The lowest BCUT2D eigenvalue weighted by atomic mass is 9.99. The third-order valence-corrected chi connectivity index (χ3v) is 4.83. The quantitative estimate of drug-likeness (QED) is 0.761. The van der Waals surface area contributed by atoms with Crippen LogP contribution in [0.15, 0.2) is 54.6 Å². The first kappa shape index (κ1) is 16.6. The van der Waals surface area contributed by atoms with Crippen molar-refractivity contribution >= 4 is 23.4 Å². The largest absolute Gasteiger partial charge is 0.476 e. The molecule has 132 valence electrons. The number of benzene rings is 2. The second kappa shape index (κ2) is 6.80. The highest BCUT2D eigenvalue weighted by Crippen LogP contribution is 2.31. The van der Waals surface area contributed by atoms with Crippen LogP contribution >= 0.6 is 11.6 Å². The lowest BCUT2D eigenvalue weighted by molar-refractivity contribution is 0.0690. The lowest BCUT2D eigenvalue weighted by Crippen LogP contribution is -2.22. The molecule has 1 fully saturated rings. The van der Waals surface area contributed by atoms with Gasteiger partial charge in [0.1, 0.15) is 0 Å². The van der Waals surface area contributed by atoms with Crippen LogP contribution in [0.1, 0.15) is 28.4 Å². The highest BCUT2D eigenvalue weighted by molar-refractivity contribution is 6.30. The van der Waals surface area contributed by atoms with Crippen LogP contribution in [0.25, 0.3) is 5.69 Å². The minimum atomic E-state index is -1.09. The minimum absolute atomic E-state index is 0.0429. The first-order chi connectivity index (χ1) is 12.6. The van der Waals surface area contributed by atoms with Crippen LogP contribution in [0.5, 0.6) is 0 Å². The zero-order valence-electron chi connectivity index (χ0n) is 13.9. The van der Waals surface area contributed by atoms with Gasteiger partial charge in [0, 0.05) is 24.0 Å². The van der Waals surface area contributed by atoms with E-state index in [0.29, 0.717) is 22.4 Å². The number of aromatic carboxylic acids is 1. The van der Waals surface area contributed by atoms with Crippen molar-refractivity contribution < 1.29 is 9.90 Å². The van der Waals surface area contributed by atoms with Gasteiger partial charge >= 0.3 is 5.97 Å². The molecule has 6 nitrogen and oxygen atoms in total. The monoisotopic (exact) mass is 368 g/mol. The van der Waals surface area contributed by atoms with E-state index in [9.17, 15) is 9.90 Å². The predicted molar refractivity (Wildman–Crippen MR) is 99.3 cm³/mol. The van der Waals surface area contributed by atoms with Crippen LogP contribution in [0.2, 0.25) is 5.02 Å². The van der Waals surface area contributed by atoms with Crippen LogP contribution in [-0.2, 0) is 0 Å². The molecule has 1 aliphatic rings. The van der Waals surface area contributed by atoms with Crippen LogP contribution in [-0.4, -0.2) is 39.2 Å². The van der Waals surface area contributed by atoms with Gasteiger partial charge in [0.25, 0.3) is 0 Å². The van der Waals surface area contributed by atoms with Crippen molar-refractivity contribution in [1.82, 2.24) is 15.0 Å². The Balaban J connectivity index is 1.65. The molecule has 3 aromatic rings. The van der Waals surface area contributed by atoms with E-state index >= 15 is 0 Å². The number of nitrogens with zero attached hydrogens (tertiary/aromatic N) is 4. The minimum Gasteiger partial charge on any atom is -0.476 e. The number of hydrogen-bond acceptors (Lipinski definition) is 4. The summed E-state index contributed by atoms with van der Waals surface area (Å²) in [6, 6.07) is 17.3. The van der Waals surface area contributed by atoms with Gasteiger partial charge in [0.2, 0.25) is 5.69 Å². The third kappa shape index (κ3) is 3.15. The molecule has 0 aliphatic carbocycles. The molecule has 2 aromatic carbocycles. The molecular formula is C19H17ClN4O2. The van der Waals surface area contributed by atoms with Crippen molar-refractivity contribution in [3.63, 3.8) is 0 Å². The molecule has 1 aliphatic heterocycles. The summed E-state index contributed by atoms with van der Waals surface area (Å²) in [7, 11) is 0. The Labute approximate surface area is 155 Å². The molecule has 0 unspecified atom stereocenters. The Bertz CT molecular complexity index is 942. The molecule has 4 rings (SSSR count). The number of aromatic nitrogens is 3. The number of carboxylic acids is 1. The molecule has 1 saturated heterocycles. The van der Waals surface area contributed by atoms with Gasteiger partial charge in [-0.2, -0.15) is 0 Å². The SMILES string of the molecule is O=C(O)c1nn(-c2cccc(Cl)c2)nc1N1CC[C@@H](c2ccccc2)C1. The number of halogens is 1. The summed E-state index contributed by atoms with van der Waals surface area (Å²) in [6.45, 7) is 1.46. The van der Waals surface area contributed by atoms with Gasteiger partial charge in [0.05, 0.1) is 5.69 Å². The van der Waals surface area contributed by atoms with Crippen molar-refractivity contribution in [2.24, 2.45) is 0 Å². The maximum atomic E-state index is 11.7. The Morgan fingerprint density at radius 1 is 1.12 bits per heavy atom. The van der Waals surface area contributed by atoms with Crippen molar-refractivity contribution in [2.45, 2.75) is 12.3 Å². The Kier molecular flexibility index (Phi) is 4.34. The van der Waals surface area contributed by atoms with Gasteiger partial charge in [-0.05, 0) is 30.2 Å². The second-order valence-corrected chi connectivity index (χ2v) is 6.73. The molecule has 0 amide bonds. The van der Waals surface area contributed by atoms with Crippen LogP contribution in [0, 0.1) is 0 Å². The molecule has 1 atom stereocenters. The van der Waals surface area contributed by atoms with Crippen molar-refractivity contribution in [2.75, 3.05) is 18.0 Å². The second-order valence-electron chi connectivity index (χ2n) is 6.29. The summed E-state index contributed by atoms with van der Waals surface area (Å²) >= 11 is 6.02. The van der Waals surface area contributed by atoms with Crippen molar-refractivity contribution in [3.05, 3.63) is 70.9 Å². The van der Waals surface area contributed by atoms with E-state index in [1.807, 2.05) is 23.1 Å². The van der Waals surface area contributed by atoms with E-state index in [2.05, 4.69) is 22.3 Å². The highest BCUT2D eigenvalue weighted by atomic mass is 35.5. The summed E-state index contributed by atoms with van der Waals surface area (Å²) in [5.41, 5.74) is 1.85. The first-order valence-electron chi connectivity index (χ1n) is 8.38. The first-order valence-corrected chi connectivity index (χ1v) is 8.76. The van der Waals surface area contributed by atoms with Crippen molar-refractivity contribution in [1.29, 1.82) is 0 Å². The topological polar surface area (TPSA) is 71.2 Å². The maximum Gasteiger partial charge on any atom is 0.360 e. The summed E-state index contributed by atoms with van der Waals surface area (Å²) in [5, 5.41) is 18.7. The zero-order valence-corrected chi connectivity index (χ0v) is 14.7. The smallest absolute Gasteiger partial charge is 0.360 e. The lowest BCUT2D eigenvalue weighted by Gasteiger charge is -2.16. The van der Waals surface area contributed by atoms with Gasteiger partial charge in [-0.15, -0.1) is 15.0 Å². The summed E-state index contributed by atoms with van der Waals surface area (Å²) in [5.74, 6) is -0.332. The zero-order chi connectivity index (χ0) is 18.1. The molecule has 2 heterocycles. The van der Waals surface area contributed by atoms with E-state index in [4.69, 9.17) is 11.6 Å². The van der Waals surface area contributed by atoms with Gasteiger partial charge in [0.15, 0.2) is 5.82 Å². The molecule has 0 radical (unpaired) electrons. The molecule has 1 N–H and O–H groups in total. The van der Waals surface area contributed by atoms with E-state index in [1.165, 1.54) is 10.4 Å². The fourth-order valence-electron chi connectivity index (χ4n) is 3.32. The number of rotatable bonds is 4. The average Bonchev–Trinajstić information content (AvgIpc) is 3.30. The fourth-order valence-corrected chi connectivity index (χ4v) is 3.50. The van der Waals surface area contributed by atoms with E-state index < -0.39 is 5.97 Å². The molecule has 7 heteroatoms. The fraction of sp³-hybridized carbons (Fsp3) is 0.211. The Morgan fingerprint density at radius 2 is 1.92 bits per heavy atom. The maximum absolute atomic E-state index is 11.7. The van der Waals surface area contributed by atoms with Crippen LogP contribution in [0.3, 0.4) is 0 Å². The van der Waals surface area contributed by atoms with Crippen LogP contribution in [0.4, 0.5) is 5.82 Å². The van der Waals surface area contributed by atoms with Gasteiger partial charge in [-0.3, -0.25) is 0 Å². The van der Waals surface area contributed by atoms with Gasteiger partial charge in [-0.1, -0.05) is 48.0 Å². The Hall–Kier alpha value is -2.86. The van der Waals surface area contributed by atoms with E-state index in [-0.39, 0.29) is 5.69 Å². The van der Waals surface area contributed by atoms with Crippen LogP contribution < -0.4 is 4.90 Å². The van der Waals surface area contributed by atoms with Gasteiger partial charge < -0.3 is 10.0 Å². The number of carboxylic acid groups (broad SMARTS) is 1. The average molecular weight is 369 g/mol. The summed E-state index contributed by atoms with van der Waals surface area (Å²) in [4.78, 5) is 15.0. The molecule has 26 heavy (non-hydrogen) atoms. The standard InChI is InChI=1S/C19H17ClN4O2/c20-15-7-4-8-16(11-15)24-21-17(19(25)26)18(22-24)23-10-9-14(12-23)13-5-2-1-3-6-13/h1-8,11,14H,9-10,12H2,(H,25,26)/t14-/m1/s1. The molecular weight excluding hydrogens is 352 g/mol. The third-order valence-electron chi connectivity index (χ3n) is 4.60. The van der Waals surface area contributed by atoms with E-state index in [0.717, 1.165) is 19.5 Å². The summed E-state index contributed by atoms with van der Waals surface area (Å²) in [6.07, 6.45) is 0.951. The number of carbonyl (C=O) groups is 1. The number of anilines is 1. The predicted octanol–water partition coefficient (Wildman–Crippen LogP) is 3.61. The van der Waals surface area contributed by atoms with E-state index in [1.54, 1.807) is 24.3 Å². The highest BCUT2D eigenvalue weighted by Gasteiger charge is 2.30. The molecule has 0 saturated carbocycles. The number of hydrogen-bond donors (Lipinski definition) is 1.